The Morgan fingerprint density at radius 1 is 1.35 bits per heavy atom. The van der Waals surface area contributed by atoms with Crippen molar-refractivity contribution in [2.75, 3.05) is 0 Å². The highest BCUT2D eigenvalue weighted by Gasteiger charge is 2.30. The number of hydrogen-bond donors (Lipinski definition) is 2. The van der Waals surface area contributed by atoms with Crippen molar-refractivity contribution >= 4 is 26.5 Å². The largest absolute Gasteiger partial charge is 0.416 e. The molecule has 0 aliphatic heterocycles. The van der Waals surface area contributed by atoms with Crippen molar-refractivity contribution in [3.63, 3.8) is 0 Å². The third-order valence-corrected chi connectivity index (χ3v) is 3.38. The number of rotatable bonds is 4. The van der Waals surface area contributed by atoms with Crippen LogP contribution < -0.4 is 5.32 Å². The summed E-state index contributed by atoms with van der Waals surface area (Å²) in [6.45, 7) is 1.59. The van der Waals surface area contributed by atoms with E-state index in [9.17, 15) is 18.0 Å². The van der Waals surface area contributed by atoms with E-state index in [2.05, 4.69) is 26.4 Å². The van der Waals surface area contributed by atoms with Gasteiger partial charge in [0, 0.05) is 6.54 Å². The van der Waals surface area contributed by atoms with E-state index >= 15 is 0 Å². The first kappa shape index (κ1) is 17.2. The van der Waals surface area contributed by atoms with Crippen LogP contribution in [-0.2, 0) is 12.7 Å². The molecular formula is C14H11BrF3N3O2. The molecule has 0 saturated carbocycles. The molecular weight excluding hydrogens is 379 g/mol. The number of halogens is 4. The van der Waals surface area contributed by atoms with E-state index in [0.717, 1.165) is 12.1 Å². The maximum absolute atomic E-state index is 12.5. The Morgan fingerprint density at radius 3 is 2.48 bits per heavy atom. The van der Waals surface area contributed by atoms with Crippen molar-refractivity contribution in [2.24, 2.45) is 0 Å². The SMILES string of the molecule is Cc1noc(C(=N)Br)c1C(=O)NCc1ccc(C(F)(F)F)cc1. The second-order valence-corrected chi connectivity index (χ2v) is 5.46. The lowest BCUT2D eigenvalue weighted by Gasteiger charge is -2.08. The number of carbonyl (C=O) groups excluding carboxylic acids is 1. The van der Waals surface area contributed by atoms with Gasteiger partial charge >= 0.3 is 6.18 Å². The zero-order valence-corrected chi connectivity index (χ0v) is 13.4. The maximum atomic E-state index is 12.5. The minimum Gasteiger partial charge on any atom is -0.353 e. The van der Waals surface area contributed by atoms with Gasteiger partial charge in [-0.15, -0.1) is 0 Å². The van der Waals surface area contributed by atoms with Crippen LogP contribution in [0.1, 0.15) is 32.9 Å². The number of benzene rings is 1. The monoisotopic (exact) mass is 389 g/mol. The average Bonchev–Trinajstić information content (AvgIpc) is 2.86. The highest BCUT2D eigenvalue weighted by molar-refractivity contribution is 9.18. The van der Waals surface area contributed by atoms with E-state index in [4.69, 9.17) is 9.93 Å². The summed E-state index contributed by atoms with van der Waals surface area (Å²) in [5.41, 5.74) is 0.182. The fourth-order valence-corrected chi connectivity index (χ4v) is 2.14. The van der Waals surface area contributed by atoms with Gasteiger partial charge < -0.3 is 9.84 Å². The lowest BCUT2D eigenvalue weighted by Crippen LogP contribution is -2.24. The molecule has 0 radical (unpaired) electrons. The standard InChI is InChI=1S/C14H11BrF3N3O2/c1-7-10(11(12(15)19)23-21-7)13(22)20-6-8-2-4-9(5-3-8)14(16,17)18/h2-5,19H,6H2,1H3,(H,20,22). The van der Waals surface area contributed by atoms with Crippen LogP contribution in [-0.4, -0.2) is 15.7 Å². The number of amides is 1. The van der Waals surface area contributed by atoms with E-state index in [1.165, 1.54) is 12.1 Å². The summed E-state index contributed by atoms with van der Waals surface area (Å²) in [6.07, 6.45) is -4.40. The second-order valence-electron chi connectivity index (χ2n) is 4.66. The van der Waals surface area contributed by atoms with Gasteiger partial charge in [-0.05, 0) is 40.5 Å². The van der Waals surface area contributed by atoms with Crippen LogP contribution in [0.5, 0.6) is 0 Å². The fraction of sp³-hybridized carbons (Fsp3) is 0.214. The fourth-order valence-electron chi connectivity index (χ4n) is 1.87. The molecule has 1 amide bonds. The van der Waals surface area contributed by atoms with Crippen LogP contribution in [0.3, 0.4) is 0 Å². The Labute approximate surface area is 137 Å². The Hall–Kier alpha value is -2.16. The molecule has 1 heterocycles. The zero-order chi connectivity index (χ0) is 17.2. The van der Waals surface area contributed by atoms with Crippen LogP contribution in [0.2, 0.25) is 0 Å². The molecule has 9 heteroatoms. The predicted octanol–water partition coefficient (Wildman–Crippen LogP) is 3.65. The van der Waals surface area contributed by atoms with E-state index < -0.39 is 17.6 Å². The smallest absolute Gasteiger partial charge is 0.353 e. The summed E-state index contributed by atoms with van der Waals surface area (Å²) < 4.78 is 42.2. The molecule has 0 unspecified atom stereocenters. The summed E-state index contributed by atoms with van der Waals surface area (Å²) in [4.78, 5) is 12.1. The number of nitrogens with one attached hydrogen (secondary N) is 2. The molecule has 2 rings (SSSR count). The quantitative estimate of drug-likeness (QED) is 0.783. The summed E-state index contributed by atoms with van der Waals surface area (Å²) in [7, 11) is 0. The first-order valence-corrected chi connectivity index (χ1v) is 7.14. The number of carbonyl (C=O) groups is 1. The lowest BCUT2D eigenvalue weighted by atomic mass is 10.1. The first-order chi connectivity index (χ1) is 10.7. The van der Waals surface area contributed by atoms with Gasteiger partial charge in [0.2, 0.25) is 5.76 Å². The number of aryl methyl sites for hydroxylation is 1. The zero-order valence-electron chi connectivity index (χ0n) is 11.8. The van der Waals surface area contributed by atoms with Crippen molar-refractivity contribution in [3.05, 3.63) is 52.4 Å². The molecule has 0 atom stereocenters. The van der Waals surface area contributed by atoms with Gasteiger partial charge in [0.25, 0.3) is 5.91 Å². The van der Waals surface area contributed by atoms with Crippen LogP contribution in [0, 0.1) is 12.3 Å². The lowest BCUT2D eigenvalue weighted by molar-refractivity contribution is -0.137. The van der Waals surface area contributed by atoms with Gasteiger partial charge in [-0.25, -0.2) is 0 Å². The van der Waals surface area contributed by atoms with Gasteiger partial charge in [-0.2, -0.15) is 13.2 Å². The molecule has 0 bridgehead atoms. The molecule has 2 aromatic rings. The van der Waals surface area contributed by atoms with Gasteiger partial charge in [-0.3, -0.25) is 10.2 Å². The van der Waals surface area contributed by atoms with Crippen molar-refractivity contribution in [1.29, 1.82) is 5.41 Å². The Morgan fingerprint density at radius 2 is 1.96 bits per heavy atom. The van der Waals surface area contributed by atoms with Crippen LogP contribution >= 0.6 is 15.9 Å². The summed E-state index contributed by atoms with van der Waals surface area (Å²) in [6, 6.07) is 4.48. The van der Waals surface area contributed by atoms with Gasteiger partial charge in [0.05, 0.1) is 11.3 Å². The van der Waals surface area contributed by atoms with Crippen LogP contribution in [0.25, 0.3) is 0 Å². The first-order valence-electron chi connectivity index (χ1n) is 6.35. The molecule has 1 aromatic carbocycles. The Bertz CT molecular complexity index is 739. The number of alkyl halides is 3. The minimum atomic E-state index is -4.40. The molecule has 1 aromatic heterocycles. The maximum Gasteiger partial charge on any atom is 0.416 e. The summed E-state index contributed by atoms with van der Waals surface area (Å²) in [5, 5.41) is 13.6. The van der Waals surface area contributed by atoms with Gasteiger partial charge in [-0.1, -0.05) is 17.3 Å². The molecule has 0 saturated heterocycles. The normalized spacial score (nSPS) is 11.3. The van der Waals surface area contributed by atoms with Crippen molar-refractivity contribution < 1.29 is 22.5 Å². The third kappa shape index (κ3) is 3.98. The Balaban J connectivity index is 2.08. The van der Waals surface area contributed by atoms with Crippen molar-refractivity contribution in [1.82, 2.24) is 10.5 Å². The second kappa shape index (κ2) is 6.53. The molecule has 0 spiro atoms. The van der Waals surface area contributed by atoms with Gasteiger partial charge in [0.1, 0.15) is 10.2 Å². The van der Waals surface area contributed by atoms with Crippen LogP contribution in [0.15, 0.2) is 28.8 Å². The van der Waals surface area contributed by atoms with E-state index in [1.807, 2.05) is 0 Å². The highest BCUT2D eigenvalue weighted by atomic mass is 79.9. The highest BCUT2D eigenvalue weighted by Crippen LogP contribution is 2.29. The Kier molecular flexibility index (Phi) is 4.88. The molecule has 5 nitrogen and oxygen atoms in total. The van der Waals surface area contributed by atoms with E-state index in [1.54, 1.807) is 6.92 Å². The van der Waals surface area contributed by atoms with Gasteiger partial charge in [0.15, 0.2) is 0 Å². The van der Waals surface area contributed by atoms with Crippen LogP contribution in [0.4, 0.5) is 13.2 Å². The molecule has 122 valence electrons. The molecule has 2 N–H and O–H groups in total. The predicted molar refractivity (Wildman–Crippen MR) is 79.6 cm³/mol. The number of nitrogens with zero attached hydrogens (tertiary/aromatic N) is 1. The van der Waals surface area contributed by atoms with Crippen molar-refractivity contribution in [3.8, 4) is 0 Å². The average molecular weight is 390 g/mol. The third-order valence-electron chi connectivity index (χ3n) is 3.02. The number of aromatic nitrogens is 1. The molecule has 0 aliphatic carbocycles. The molecule has 23 heavy (non-hydrogen) atoms. The van der Waals surface area contributed by atoms with Crippen molar-refractivity contribution in [2.45, 2.75) is 19.6 Å². The van der Waals surface area contributed by atoms with E-state index in [0.29, 0.717) is 11.3 Å². The molecule has 0 aliphatic rings. The molecule has 0 fully saturated rings. The summed E-state index contributed by atoms with van der Waals surface area (Å²) >= 11 is 2.90. The number of hydrogen-bond acceptors (Lipinski definition) is 4. The topological polar surface area (TPSA) is 79.0 Å². The minimum absolute atomic E-state index is 0.00702. The summed E-state index contributed by atoms with van der Waals surface area (Å²) in [5.74, 6) is -0.532. The van der Waals surface area contributed by atoms with E-state index in [-0.39, 0.29) is 22.5 Å².